The molecule has 0 aliphatic heterocycles. The van der Waals surface area contributed by atoms with Crippen LogP contribution in [0.2, 0.25) is 5.02 Å². The third-order valence-electron chi connectivity index (χ3n) is 2.49. The molecule has 0 atom stereocenters. The normalized spacial score (nSPS) is 10.4. The Hall–Kier alpha value is -1.06. The summed E-state index contributed by atoms with van der Waals surface area (Å²) in [5.41, 5.74) is 3.24. The average Bonchev–Trinajstić information content (AvgIpc) is 2.37. The van der Waals surface area contributed by atoms with E-state index in [4.69, 9.17) is 16.3 Å². The lowest BCUT2D eigenvalue weighted by atomic mass is 10.2. The Morgan fingerprint density at radius 1 is 1.28 bits per heavy atom. The van der Waals surface area contributed by atoms with Crippen molar-refractivity contribution in [3.63, 3.8) is 0 Å². The number of ether oxygens (including phenoxy) is 1. The van der Waals surface area contributed by atoms with Crippen molar-refractivity contribution in [1.29, 1.82) is 0 Å². The lowest BCUT2D eigenvalue weighted by Gasteiger charge is -2.10. The number of rotatable bonds is 4. The van der Waals surface area contributed by atoms with Crippen LogP contribution in [0.5, 0.6) is 5.75 Å². The summed E-state index contributed by atoms with van der Waals surface area (Å²) in [6, 6.07) is 7.69. The maximum absolute atomic E-state index is 5.95. The minimum atomic E-state index is 0.510. The first-order valence-corrected chi connectivity index (χ1v) is 7.06. The number of aryl methyl sites for hydroxylation is 1. The quantitative estimate of drug-likeness (QED) is 0.771. The molecular weight excluding hydrogens is 314 g/mol. The van der Waals surface area contributed by atoms with Gasteiger partial charge in [0.15, 0.2) is 0 Å². The van der Waals surface area contributed by atoms with Gasteiger partial charge in [-0.2, -0.15) is 0 Å². The molecule has 2 aromatic rings. The third-order valence-corrected chi connectivity index (χ3v) is 3.33. The minimum absolute atomic E-state index is 0.510. The van der Waals surface area contributed by atoms with Crippen LogP contribution in [0.4, 0.5) is 0 Å². The molecule has 0 N–H and O–H groups in total. The maximum atomic E-state index is 5.95. The second kappa shape index (κ2) is 6.21. The van der Waals surface area contributed by atoms with Crippen molar-refractivity contribution in [3.05, 3.63) is 58.4 Å². The van der Waals surface area contributed by atoms with Gasteiger partial charge in [0.25, 0.3) is 0 Å². The fourth-order valence-electron chi connectivity index (χ4n) is 1.65. The summed E-state index contributed by atoms with van der Waals surface area (Å²) in [7, 11) is 0. The number of pyridine rings is 1. The lowest BCUT2D eigenvalue weighted by molar-refractivity contribution is 0.303. The van der Waals surface area contributed by atoms with Crippen molar-refractivity contribution >= 4 is 27.5 Å². The van der Waals surface area contributed by atoms with E-state index in [9.17, 15) is 0 Å². The smallest absolute Gasteiger partial charge is 0.123 e. The molecule has 1 aromatic carbocycles. The van der Waals surface area contributed by atoms with Gasteiger partial charge in [0.05, 0.1) is 0 Å². The predicted molar refractivity (Wildman–Crippen MR) is 77.4 cm³/mol. The molecule has 94 valence electrons. The van der Waals surface area contributed by atoms with Gasteiger partial charge in [0.2, 0.25) is 0 Å². The molecule has 0 bridgehead atoms. The molecule has 0 aliphatic rings. The number of hydrogen-bond acceptors (Lipinski definition) is 2. The Balaban J connectivity index is 2.10. The highest BCUT2D eigenvalue weighted by molar-refractivity contribution is 9.08. The first-order chi connectivity index (χ1) is 8.69. The van der Waals surface area contributed by atoms with Crippen molar-refractivity contribution in [2.24, 2.45) is 0 Å². The molecule has 2 rings (SSSR count). The van der Waals surface area contributed by atoms with E-state index in [2.05, 4.69) is 27.0 Å². The molecule has 0 saturated heterocycles. The number of nitrogens with zero attached hydrogens (tertiary/aromatic N) is 1. The summed E-state index contributed by atoms with van der Waals surface area (Å²) in [5.74, 6) is 0.845. The van der Waals surface area contributed by atoms with Crippen molar-refractivity contribution in [2.45, 2.75) is 18.9 Å². The van der Waals surface area contributed by atoms with Gasteiger partial charge < -0.3 is 4.74 Å². The van der Waals surface area contributed by atoms with E-state index >= 15 is 0 Å². The topological polar surface area (TPSA) is 22.1 Å². The fourth-order valence-corrected chi connectivity index (χ4v) is 2.28. The van der Waals surface area contributed by atoms with Crippen LogP contribution in [0, 0.1) is 6.92 Å². The third kappa shape index (κ3) is 3.47. The minimum Gasteiger partial charge on any atom is -0.489 e. The highest BCUT2D eigenvalue weighted by atomic mass is 79.9. The fraction of sp³-hybridized carbons (Fsp3) is 0.214. The molecule has 0 radical (unpaired) electrons. The number of aromatic nitrogens is 1. The number of hydrogen-bond donors (Lipinski definition) is 0. The zero-order valence-electron chi connectivity index (χ0n) is 9.99. The lowest BCUT2D eigenvalue weighted by Crippen LogP contribution is -1.98. The highest BCUT2D eigenvalue weighted by Crippen LogP contribution is 2.25. The molecule has 18 heavy (non-hydrogen) atoms. The molecule has 0 unspecified atom stereocenters. The highest BCUT2D eigenvalue weighted by Gasteiger charge is 2.04. The van der Waals surface area contributed by atoms with E-state index in [0.717, 1.165) is 27.8 Å². The van der Waals surface area contributed by atoms with Crippen LogP contribution in [-0.2, 0) is 11.9 Å². The summed E-state index contributed by atoms with van der Waals surface area (Å²) in [6.45, 7) is 2.53. The number of benzene rings is 1. The van der Waals surface area contributed by atoms with E-state index in [0.29, 0.717) is 11.6 Å². The van der Waals surface area contributed by atoms with Crippen molar-refractivity contribution < 1.29 is 4.74 Å². The number of halogens is 2. The first-order valence-electron chi connectivity index (χ1n) is 5.57. The Morgan fingerprint density at radius 3 is 2.83 bits per heavy atom. The molecule has 1 heterocycles. The Morgan fingerprint density at radius 2 is 2.11 bits per heavy atom. The van der Waals surface area contributed by atoms with Gasteiger partial charge >= 0.3 is 0 Å². The van der Waals surface area contributed by atoms with Gasteiger partial charge in [-0.1, -0.05) is 27.5 Å². The molecule has 0 saturated carbocycles. The van der Waals surface area contributed by atoms with E-state index < -0.39 is 0 Å². The van der Waals surface area contributed by atoms with Crippen LogP contribution in [0.3, 0.4) is 0 Å². The van der Waals surface area contributed by atoms with Crippen molar-refractivity contribution in [3.8, 4) is 5.75 Å². The molecule has 0 amide bonds. The van der Waals surface area contributed by atoms with Crippen molar-refractivity contribution in [1.82, 2.24) is 4.98 Å². The van der Waals surface area contributed by atoms with E-state index in [1.807, 2.05) is 37.5 Å². The first kappa shape index (κ1) is 13.4. The molecule has 1 aromatic heterocycles. The van der Waals surface area contributed by atoms with Crippen LogP contribution in [0.25, 0.3) is 0 Å². The standard InChI is InChI=1S/C14H13BrClNO/c1-10-4-11(8-17-7-10)9-18-14-3-2-13(16)5-12(14)6-15/h2-5,7-8H,6,9H2,1H3. The largest absolute Gasteiger partial charge is 0.489 e. The molecule has 4 heteroatoms. The van der Waals surface area contributed by atoms with Gasteiger partial charge in [-0.05, 0) is 36.8 Å². The van der Waals surface area contributed by atoms with Crippen molar-refractivity contribution in [2.75, 3.05) is 0 Å². The zero-order chi connectivity index (χ0) is 13.0. The zero-order valence-corrected chi connectivity index (χ0v) is 12.3. The summed E-state index contributed by atoms with van der Waals surface area (Å²) >= 11 is 9.38. The molecule has 2 nitrogen and oxygen atoms in total. The Kier molecular flexibility index (Phi) is 4.61. The average molecular weight is 327 g/mol. The summed E-state index contributed by atoms with van der Waals surface area (Å²) < 4.78 is 5.80. The van der Waals surface area contributed by atoms with E-state index in [-0.39, 0.29) is 0 Å². The molecule has 0 aliphatic carbocycles. The summed E-state index contributed by atoms with van der Waals surface area (Å²) in [6.07, 6.45) is 3.65. The summed E-state index contributed by atoms with van der Waals surface area (Å²) in [5, 5.41) is 1.43. The van der Waals surface area contributed by atoms with Crippen LogP contribution < -0.4 is 4.74 Å². The van der Waals surface area contributed by atoms with Gasteiger partial charge in [0.1, 0.15) is 12.4 Å². The van der Waals surface area contributed by atoms with E-state index in [1.165, 1.54) is 0 Å². The van der Waals surface area contributed by atoms with Crippen LogP contribution in [-0.4, -0.2) is 4.98 Å². The second-order valence-electron chi connectivity index (χ2n) is 4.04. The van der Waals surface area contributed by atoms with Gasteiger partial charge in [-0.25, -0.2) is 0 Å². The predicted octanol–water partition coefficient (Wildman–Crippen LogP) is 4.52. The number of alkyl halides is 1. The Labute approximate surface area is 120 Å². The molecule has 0 spiro atoms. The van der Waals surface area contributed by atoms with Crippen LogP contribution in [0.1, 0.15) is 16.7 Å². The SMILES string of the molecule is Cc1cncc(COc2ccc(Cl)cc2CBr)c1. The monoisotopic (exact) mass is 325 g/mol. The van der Waals surface area contributed by atoms with Gasteiger partial charge in [-0.3, -0.25) is 4.98 Å². The maximum Gasteiger partial charge on any atom is 0.123 e. The van der Waals surface area contributed by atoms with Gasteiger partial charge in [0, 0.05) is 33.9 Å². The van der Waals surface area contributed by atoms with Gasteiger partial charge in [-0.15, -0.1) is 0 Å². The molecular formula is C14H13BrClNO. The van der Waals surface area contributed by atoms with E-state index in [1.54, 1.807) is 0 Å². The van der Waals surface area contributed by atoms with Crippen LogP contribution >= 0.6 is 27.5 Å². The second-order valence-corrected chi connectivity index (χ2v) is 5.04. The van der Waals surface area contributed by atoms with Crippen LogP contribution in [0.15, 0.2) is 36.7 Å². The Bertz CT molecular complexity index is 545. The summed E-state index contributed by atoms with van der Waals surface area (Å²) in [4.78, 5) is 4.14. The molecule has 0 fully saturated rings.